The van der Waals surface area contributed by atoms with E-state index >= 15 is 0 Å². The van der Waals surface area contributed by atoms with Crippen molar-refractivity contribution in [3.8, 4) is 0 Å². The third-order valence-corrected chi connectivity index (χ3v) is 1.02. The predicted molar refractivity (Wildman–Crippen MR) is 44.2 cm³/mol. The van der Waals surface area contributed by atoms with E-state index in [0.717, 1.165) is 0 Å². The molecule has 0 spiro atoms. The van der Waals surface area contributed by atoms with E-state index in [-0.39, 0.29) is 5.97 Å². The van der Waals surface area contributed by atoms with Crippen LogP contribution in [0.5, 0.6) is 0 Å². The van der Waals surface area contributed by atoms with Crippen LogP contribution >= 0.6 is 0 Å². The fourth-order valence-corrected chi connectivity index (χ4v) is 0.275. The van der Waals surface area contributed by atoms with Crippen molar-refractivity contribution in [2.75, 3.05) is 13.2 Å². The van der Waals surface area contributed by atoms with Crippen molar-refractivity contribution in [1.82, 2.24) is 0 Å². The molecule has 1 rings (SSSR count). The molecule has 0 heterocycles. The third-order valence-electron chi connectivity index (χ3n) is 1.02. The molecule has 66 valence electrons. The van der Waals surface area contributed by atoms with Crippen LogP contribution < -0.4 is 5.73 Å². The highest BCUT2D eigenvalue weighted by Crippen LogP contribution is 2.14. The Morgan fingerprint density at radius 3 is 2.27 bits per heavy atom. The Hall–Kier alpha value is -0.570. The number of esters is 1. The molecular formula is C8H17NO2. The van der Waals surface area contributed by atoms with Gasteiger partial charge in [0.2, 0.25) is 0 Å². The molecule has 0 atom stereocenters. The lowest BCUT2D eigenvalue weighted by Gasteiger charge is -1.97. The second-order valence-corrected chi connectivity index (χ2v) is 2.42. The average molecular weight is 159 g/mol. The molecule has 0 aliphatic heterocycles. The first-order valence-corrected chi connectivity index (χ1v) is 4.17. The largest absolute Gasteiger partial charge is 0.464 e. The molecule has 11 heavy (non-hydrogen) atoms. The van der Waals surface area contributed by atoms with Crippen molar-refractivity contribution in [1.29, 1.82) is 0 Å². The van der Waals surface area contributed by atoms with Gasteiger partial charge in [0, 0.05) is 13.0 Å². The zero-order valence-electron chi connectivity index (χ0n) is 7.14. The summed E-state index contributed by atoms with van der Waals surface area (Å²) in [6, 6.07) is 0. The monoisotopic (exact) mass is 159 g/mol. The van der Waals surface area contributed by atoms with E-state index in [0.29, 0.717) is 19.6 Å². The first kappa shape index (κ1) is 10.4. The van der Waals surface area contributed by atoms with Gasteiger partial charge in [-0.3, -0.25) is 4.79 Å². The van der Waals surface area contributed by atoms with Gasteiger partial charge in [-0.15, -0.1) is 0 Å². The van der Waals surface area contributed by atoms with Crippen molar-refractivity contribution >= 4 is 5.97 Å². The van der Waals surface area contributed by atoms with Gasteiger partial charge in [-0.1, -0.05) is 26.2 Å². The number of hydrogen-bond donors (Lipinski definition) is 1. The van der Waals surface area contributed by atoms with Crippen LogP contribution in [-0.2, 0) is 9.53 Å². The zero-order valence-corrected chi connectivity index (χ0v) is 7.14. The molecule has 0 saturated heterocycles. The topological polar surface area (TPSA) is 52.3 Å². The summed E-state index contributed by atoms with van der Waals surface area (Å²) in [4.78, 5) is 10.3. The van der Waals surface area contributed by atoms with Gasteiger partial charge in [-0.2, -0.15) is 0 Å². The highest BCUT2D eigenvalue weighted by Gasteiger charge is 1.95. The maximum Gasteiger partial charge on any atom is 0.305 e. The van der Waals surface area contributed by atoms with Crippen molar-refractivity contribution < 1.29 is 9.53 Å². The summed E-state index contributed by atoms with van der Waals surface area (Å²) >= 11 is 0. The van der Waals surface area contributed by atoms with Crippen LogP contribution in [-0.4, -0.2) is 19.1 Å². The summed E-state index contributed by atoms with van der Waals surface area (Å²) in [5.41, 5.74) is 5.05. The third kappa shape index (κ3) is 12.6. The Bertz CT molecular complexity index is 99.5. The first-order valence-electron chi connectivity index (χ1n) is 4.17. The van der Waals surface area contributed by atoms with E-state index < -0.39 is 0 Å². The highest BCUT2D eigenvalue weighted by atomic mass is 16.5. The molecule has 1 fully saturated rings. The van der Waals surface area contributed by atoms with Crippen LogP contribution in [0.25, 0.3) is 0 Å². The fraction of sp³-hybridized carbons (Fsp3) is 0.875. The average Bonchev–Trinajstić information content (AvgIpc) is 2.85. The summed E-state index contributed by atoms with van der Waals surface area (Å²) in [5, 5.41) is 0. The molecule has 1 aliphatic carbocycles. The molecule has 3 heteroatoms. The van der Waals surface area contributed by atoms with Crippen LogP contribution in [0.1, 0.15) is 32.6 Å². The smallest absolute Gasteiger partial charge is 0.305 e. The normalized spacial score (nSPS) is 12.9. The first-order chi connectivity index (χ1) is 5.31. The lowest BCUT2D eigenvalue weighted by molar-refractivity contribution is -0.142. The minimum absolute atomic E-state index is 0.185. The predicted octanol–water partition coefficient (Wildman–Crippen LogP) is 1.07. The summed E-state index contributed by atoms with van der Waals surface area (Å²) in [7, 11) is 0. The van der Waals surface area contributed by atoms with Crippen molar-refractivity contribution in [2.24, 2.45) is 5.73 Å². The quantitative estimate of drug-likeness (QED) is 0.627. The van der Waals surface area contributed by atoms with E-state index in [9.17, 15) is 4.79 Å². The number of hydrogen-bond acceptors (Lipinski definition) is 3. The van der Waals surface area contributed by atoms with Gasteiger partial charge < -0.3 is 10.5 Å². The Balaban J connectivity index is 0.000000271. The number of nitrogens with two attached hydrogens (primary N) is 1. The Labute approximate surface area is 67.9 Å². The minimum Gasteiger partial charge on any atom is -0.464 e. The maximum absolute atomic E-state index is 10.3. The number of ether oxygens (including phenoxy) is 1. The standard InChI is InChI=1S/C5H11NO2.C3H6/c1-2-5(7)8-4-3-6;1-2-3-1/h2-4,6H2,1H3;1-3H2. The van der Waals surface area contributed by atoms with Gasteiger partial charge in [0.1, 0.15) is 6.61 Å². The Morgan fingerprint density at radius 1 is 1.45 bits per heavy atom. The number of rotatable bonds is 3. The summed E-state index contributed by atoms with van der Waals surface area (Å²) in [5.74, 6) is -0.185. The van der Waals surface area contributed by atoms with Crippen LogP contribution in [0.3, 0.4) is 0 Å². The van der Waals surface area contributed by atoms with Gasteiger partial charge >= 0.3 is 5.97 Å². The zero-order chi connectivity index (χ0) is 8.53. The molecule has 2 N–H and O–H groups in total. The Kier molecular flexibility index (Phi) is 7.15. The summed E-state index contributed by atoms with van der Waals surface area (Å²) in [6.45, 7) is 2.50. The van der Waals surface area contributed by atoms with E-state index in [4.69, 9.17) is 5.73 Å². The number of carbonyl (C=O) groups is 1. The van der Waals surface area contributed by atoms with Crippen LogP contribution in [0, 0.1) is 0 Å². The van der Waals surface area contributed by atoms with E-state index in [1.807, 2.05) is 0 Å². The van der Waals surface area contributed by atoms with Crippen molar-refractivity contribution in [3.63, 3.8) is 0 Å². The highest BCUT2D eigenvalue weighted by molar-refractivity contribution is 5.68. The van der Waals surface area contributed by atoms with E-state index in [1.165, 1.54) is 19.3 Å². The van der Waals surface area contributed by atoms with Crippen LogP contribution in [0.4, 0.5) is 0 Å². The summed E-state index contributed by atoms with van der Waals surface area (Å²) in [6.07, 6.45) is 4.93. The lowest BCUT2D eigenvalue weighted by atomic mass is 10.5. The molecule has 0 amide bonds. The molecule has 0 unspecified atom stereocenters. The second kappa shape index (κ2) is 7.54. The fourth-order valence-electron chi connectivity index (χ4n) is 0.275. The van der Waals surface area contributed by atoms with Gasteiger partial charge in [-0.05, 0) is 0 Å². The molecule has 0 aromatic carbocycles. The Morgan fingerprint density at radius 2 is 2.00 bits per heavy atom. The van der Waals surface area contributed by atoms with Crippen LogP contribution in [0.15, 0.2) is 0 Å². The van der Waals surface area contributed by atoms with Gasteiger partial charge in [0.05, 0.1) is 0 Å². The minimum atomic E-state index is -0.185. The molecule has 3 nitrogen and oxygen atoms in total. The molecule has 0 bridgehead atoms. The van der Waals surface area contributed by atoms with Crippen LogP contribution in [0.2, 0.25) is 0 Å². The maximum atomic E-state index is 10.3. The summed E-state index contributed by atoms with van der Waals surface area (Å²) < 4.78 is 4.58. The van der Waals surface area contributed by atoms with Gasteiger partial charge in [0.25, 0.3) is 0 Å². The lowest BCUT2D eigenvalue weighted by Crippen LogP contribution is -2.12. The van der Waals surface area contributed by atoms with Crippen molar-refractivity contribution in [2.45, 2.75) is 32.6 Å². The SMILES string of the molecule is C1CC1.CCC(=O)OCCN. The molecule has 1 saturated carbocycles. The molecule has 1 aliphatic rings. The van der Waals surface area contributed by atoms with E-state index in [1.54, 1.807) is 6.92 Å². The van der Waals surface area contributed by atoms with Gasteiger partial charge in [0.15, 0.2) is 0 Å². The molecule has 0 radical (unpaired) electrons. The second-order valence-electron chi connectivity index (χ2n) is 2.42. The molecule has 0 aromatic rings. The number of carbonyl (C=O) groups excluding carboxylic acids is 1. The molecule has 0 aromatic heterocycles. The van der Waals surface area contributed by atoms with E-state index in [2.05, 4.69) is 4.74 Å². The molecular weight excluding hydrogens is 142 g/mol. The van der Waals surface area contributed by atoms with Gasteiger partial charge in [-0.25, -0.2) is 0 Å². The van der Waals surface area contributed by atoms with Crippen molar-refractivity contribution in [3.05, 3.63) is 0 Å².